The molecule has 1 aromatic rings. The number of hydrogen-bond donors (Lipinski definition) is 1. The normalized spacial score (nSPS) is 29.3. The lowest BCUT2D eigenvalue weighted by atomic mass is 10.1. The van der Waals surface area contributed by atoms with E-state index in [1.165, 1.54) is 0 Å². The summed E-state index contributed by atoms with van der Waals surface area (Å²) >= 11 is 0. The summed E-state index contributed by atoms with van der Waals surface area (Å²) in [7, 11) is 0. The van der Waals surface area contributed by atoms with Crippen molar-refractivity contribution in [3.63, 3.8) is 0 Å². The van der Waals surface area contributed by atoms with Crippen LogP contribution >= 0.6 is 0 Å². The average Bonchev–Trinajstić information content (AvgIpc) is 3.13. The van der Waals surface area contributed by atoms with Crippen LogP contribution in [0.15, 0.2) is 24.3 Å². The number of aliphatic hydroxyl groups is 1. The number of hydrogen-bond acceptors (Lipinski definition) is 5. The first-order valence-electron chi connectivity index (χ1n) is 8.11. The van der Waals surface area contributed by atoms with Crippen molar-refractivity contribution in [2.45, 2.75) is 38.3 Å². The second-order valence-corrected chi connectivity index (χ2v) is 5.82. The predicted molar refractivity (Wildman–Crippen MR) is 83.6 cm³/mol. The van der Waals surface area contributed by atoms with E-state index in [4.69, 9.17) is 14.2 Å². The zero-order chi connectivity index (χ0) is 16.4. The number of nitrogens with zero attached hydrogens (tertiary/aromatic N) is 1. The van der Waals surface area contributed by atoms with E-state index in [2.05, 4.69) is 0 Å². The lowest BCUT2D eigenvalue weighted by Gasteiger charge is -2.20. The van der Waals surface area contributed by atoms with Crippen molar-refractivity contribution in [3.05, 3.63) is 29.8 Å². The van der Waals surface area contributed by atoms with E-state index in [0.29, 0.717) is 31.0 Å². The molecule has 3 rings (SSSR count). The summed E-state index contributed by atoms with van der Waals surface area (Å²) in [4.78, 5) is 14.0. The van der Waals surface area contributed by atoms with Crippen LogP contribution in [0.4, 0.5) is 0 Å². The van der Waals surface area contributed by atoms with Crippen LogP contribution in [-0.4, -0.2) is 66.6 Å². The summed E-state index contributed by atoms with van der Waals surface area (Å²) in [5.41, 5.74) is 0.647. The zero-order valence-corrected chi connectivity index (χ0v) is 13.5. The number of amides is 1. The van der Waals surface area contributed by atoms with Gasteiger partial charge in [0.1, 0.15) is 24.1 Å². The molecule has 1 aromatic carbocycles. The number of rotatable bonds is 5. The van der Waals surface area contributed by atoms with E-state index in [0.717, 1.165) is 0 Å². The van der Waals surface area contributed by atoms with Crippen molar-refractivity contribution in [2.24, 2.45) is 0 Å². The summed E-state index contributed by atoms with van der Waals surface area (Å²) in [5.74, 6) is 0.688. The molecule has 4 atom stereocenters. The van der Waals surface area contributed by atoms with Gasteiger partial charge in [-0.25, -0.2) is 0 Å². The molecule has 2 aliphatic heterocycles. The Labute approximate surface area is 135 Å². The monoisotopic (exact) mass is 321 g/mol. The topological polar surface area (TPSA) is 68.2 Å². The summed E-state index contributed by atoms with van der Waals surface area (Å²) in [6.45, 7) is 5.99. The fourth-order valence-corrected chi connectivity index (χ4v) is 3.09. The molecule has 0 aromatic heterocycles. The van der Waals surface area contributed by atoms with Crippen molar-refractivity contribution >= 4 is 5.91 Å². The van der Waals surface area contributed by atoms with E-state index in [9.17, 15) is 9.90 Å². The molecule has 23 heavy (non-hydrogen) atoms. The average molecular weight is 321 g/mol. The molecule has 2 saturated heterocycles. The molecule has 6 nitrogen and oxygen atoms in total. The minimum absolute atomic E-state index is 0.0214. The lowest BCUT2D eigenvalue weighted by Crippen LogP contribution is -2.34. The van der Waals surface area contributed by atoms with Gasteiger partial charge in [-0.1, -0.05) is 0 Å². The molecular weight excluding hydrogens is 298 g/mol. The van der Waals surface area contributed by atoms with Crippen LogP contribution in [-0.2, 0) is 9.47 Å². The third kappa shape index (κ3) is 3.20. The fourth-order valence-electron chi connectivity index (χ4n) is 3.09. The van der Waals surface area contributed by atoms with Crippen molar-refractivity contribution in [1.82, 2.24) is 4.90 Å². The maximum atomic E-state index is 12.3. The van der Waals surface area contributed by atoms with Crippen LogP contribution in [0.5, 0.6) is 5.75 Å². The molecule has 1 amide bonds. The fraction of sp³-hybridized carbons (Fsp3) is 0.588. The number of fused-ring (bicyclic) bond motifs is 1. The summed E-state index contributed by atoms with van der Waals surface area (Å²) in [6.07, 6.45) is -1.35. The van der Waals surface area contributed by atoms with Gasteiger partial charge in [-0.3, -0.25) is 4.79 Å². The Morgan fingerprint density at radius 1 is 1.17 bits per heavy atom. The molecule has 6 heteroatoms. The number of aliphatic hydroxyl groups excluding tert-OH is 1. The molecule has 126 valence electrons. The van der Waals surface area contributed by atoms with Crippen LogP contribution in [0, 0.1) is 0 Å². The molecule has 0 spiro atoms. The van der Waals surface area contributed by atoms with Gasteiger partial charge in [-0.15, -0.1) is 0 Å². The maximum absolute atomic E-state index is 12.3. The third-order valence-corrected chi connectivity index (χ3v) is 4.42. The molecule has 0 unspecified atom stereocenters. The minimum Gasteiger partial charge on any atom is -0.485 e. The van der Waals surface area contributed by atoms with E-state index < -0.39 is 6.10 Å². The minimum atomic E-state index is -0.581. The van der Waals surface area contributed by atoms with Gasteiger partial charge in [-0.2, -0.15) is 0 Å². The number of benzene rings is 1. The highest BCUT2D eigenvalue weighted by Crippen LogP contribution is 2.30. The van der Waals surface area contributed by atoms with E-state index in [1.54, 1.807) is 29.2 Å². The van der Waals surface area contributed by atoms with Gasteiger partial charge in [0.15, 0.2) is 6.10 Å². The Kier molecular flexibility index (Phi) is 4.84. The summed E-state index contributed by atoms with van der Waals surface area (Å²) < 4.78 is 17.0. The van der Waals surface area contributed by atoms with Gasteiger partial charge < -0.3 is 24.2 Å². The molecule has 1 N–H and O–H groups in total. The molecule has 2 fully saturated rings. The van der Waals surface area contributed by atoms with Crippen LogP contribution < -0.4 is 4.74 Å². The van der Waals surface area contributed by atoms with Crippen LogP contribution in [0.2, 0.25) is 0 Å². The Balaban J connectivity index is 1.63. The molecule has 0 radical (unpaired) electrons. The van der Waals surface area contributed by atoms with Gasteiger partial charge in [-0.05, 0) is 38.1 Å². The Hall–Kier alpha value is -1.63. The molecule has 0 aliphatic carbocycles. The lowest BCUT2D eigenvalue weighted by molar-refractivity contribution is 0.00862. The summed E-state index contributed by atoms with van der Waals surface area (Å²) in [5, 5.41) is 9.73. The molecule has 0 bridgehead atoms. The van der Waals surface area contributed by atoms with Gasteiger partial charge >= 0.3 is 0 Å². The van der Waals surface area contributed by atoms with Gasteiger partial charge in [0.2, 0.25) is 0 Å². The second-order valence-electron chi connectivity index (χ2n) is 5.82. The standard InChI is InChI=1S/C17H23NO5/c1-3-18(4-2)17(20)11-5-7-12(8-6-11)23-14-10-22-15-13(19)9-21-16(14)15/h5-8,13-16,19H,3-4,9-10H2,1-2H3/t13-,14+,15+,16+/m0/s1. The summed E-state index contributed by atoms with van der Waals surface area (Å²) in [6, 6.07) is 7.12. The molecule has 2 heterocycles. The highest BCUT2D eigenvalue weighted by Gasteiger charge is 2.48. The van der Waals surface area contributed by atoms with E-state index in [-0.39, 0.29) is 30.8 Å². The van der Waals surface area contributed by atoms with Gasteiger partial charge in [0.25, 0.3) is 5.91 Å². The SMILES string of the molecule is CCN(CC)C(=O)c1ccc(O[C@@H]2CO[C@H]3[C@@H]2OC[C@@H]3O)cc1. The molecule has 2 aliphatic rings. The number of ether oxygens (including phenoxy) is 3. The highest BCUT2D eigenvalue weighted by atomic mass is 16.6. The zero-order valence-electron chi connectivity index (χ0n) is 13.5. The van der Waals surface area contributed by atoms with Crippen molar-refractivity contribution in [3.8, 4) is 5.75 Å². The maximum Gasteiger partial charge on any atom is 0.253 e. The first-order valence-corrected chi connectivity index (χ1v) is 8.11. The third-order valence-electron chi connectivity index (χ3n) is 4.42. The number of carbonyl (C=O) groups excluding carboxylic acids is 1. The number of carbonyl (C=O) groups is 1. The van der Waals surface area contributed by atoms with E-state index >= 15 is 0 Å². The van der Waals surface area contributed by atoms with Crippen LogP contribution in [0.25, 0.3) is 0 Å². The van der Waals surface area contributed by atoms with Gasteiger partial charge in [0, 0.05) is 18.7 Å². The highest BCUT2D eigenvalue weighted by molar-refractivity contribution is 5.94. The first kappa shape index (κ1) is 16.2. The van der Waals surface area contributed by atoms with Crippen LogP contribution in [0.3, 0.4) is 0 Å². The molecule has 0 saturated carbocycles. The van der Waals surface area contributed by atoms with E-state index in [1.807, 2.05) is 13.8 Å². The Bertz CT molecular complexity index is 542. The van der Waals surface area contributed by atoms with Crippen LogP contribution in [0.1, 0.15) is 24.2 Å². The molecular formula is C17H23NO5. The van der Waals surface area contributed by atoms with Crippen molar-refractivity contribution in [2.75, 3.05) is 26.3 Å². The Morgan fingerprint density at radius 2 is 1.83 bits per heavy atom. The quantitative estimate of drug-likeness (QED) is 0.879. The van der Waals surface area contributed by atoms with Crippen molar-refractivity contribution in [1.29, 1.82) is 0 Å². The van der Waals surface area contributed by atoms with Crippen molar-refractivity contribution < 1.29 is 24.1 Å². The smallest absolute Gasteiger partial charge is 0.253 e. The second kappa shape index (κ2) is 6.86. The first-order chi connectivity index (χ1) is 11.1. The Morgan fingerprint density at radius 3 is 2.48 bits per heavy atom. The largest absolute Gasteiger partial charge is 0.485 e. The predicted octanol–water partition coefficient (Wildman–Crippen LogP) is 1.07. The van der Waals surface area contributed by atoms with Gasteiger partial charge in [0.05, 0.1) is 13.2 Å².